The lowest BCUT2D eigenvalue weighted by atomic mass is 10.1. The van der Waals surface area contributed by atoms with E-state index >= 15 is 0 Å². The van der Waals surface area contributed by atoms with Gasteiger partial charge in [-0.3, -0.25) is 0 Å². The van der Waals surface area contributed by atoms with Crippen LogP contribution >= 0.6 is 23.1 Å². The van der Waals surface area contributed by atoms with Crippen LogP contribution in [0.2, 0.25) is 0 Å². The SMILES string of the molecule is Cc1ccc(SCc2sc(-c3ccc(C(F)(F)F)cc3)nc2C)cc1OC(C)(C)C(=O)O. The van der Waals surface area contributed by atoms with Crippen molar-refractivity contribution in [3.05, 3.63) is 64.2 Å². The Morgan fingerprint density at radius 3 is 2.38 bits per heavy atom. The van der Waals surface area contributed by atoms with Gasteiger partial charge in [0.05, 0.1) is 11.3 Å². The molecular formula is C23H22F3NO3S2. The van der Waals surface area contributed by atoms with Crippen molar-refractivity contribution < 1.29 is 27.8 Å². The fourth-order valence-electron chi connectivity index (χ4n) is 2.73. The Morgan fingerprint density at radius 2 is 1.78 bits per heavy atom. The first kappa shape index (κ1) is 24.1. The van der Waals surface area contributed by atoms with E-state index in [9.17, 15) is 23.1 Å². The molecule has 2 aromatic carbocycles. The molecule has 0 aliphatic carbocycles. The number of aryl methyl sites for hydroxylation is 2. The summed E-state index contributed by atoms with van der Waals surface area (Å²) in [5.74, 6) is 0.0782. The van der Waals surface area contributed by atoms with Gasteiger partial charge in [-0.1, -0.05) is 18.2 Å². The van der Waals surface area contributed by atoms with Crippen molar-refractivity contribution in [3.8, 4) is 16.3 Å². The fraction of sp³-hybridized carbons (Fsp3) is 0.304. The number of ether oxygens (including phenoxy) is 1. The summed E-state index contributed by atoms with van der Waals surface area (Å²) >= 11 is 3.00. The topological polar surface area (TPSA) is 59.4 Å². The molecule has 0 bridgehead atoms. The highest BCUT2D eigenvalue weighted by atomic mass is 32.2. The van der Waals surface area contributed by atoms with Gasteiger partial charge in [0.2, 0.25) is 0 Å². The van der Waals surface area contributed by atoms with E-state index in [-0.39, 0.29) is 0 Å². The van der Waals surface area contributed by atoms with Crippen LogP contribution in [0, 0.1) is 13.8 Å². The lowest BCUT2D eigenvalue weighted by Gasteiger charge is -2.23. The van der Waals surface area contributed by atoms with Crippen molar-refractivity contribution in [2.75, 3.05) is 0 Å². The molecule has 0 unspecified atom stereocenters. The van der Waals surface area contributed by atoms with Gasteiger partial charge in [-0.2, -0.15) is 13.2 Å². The van der Waals surface area contributed by atoms with Crippen LogP contribution in [0.3, 0.4) is 0 Å². The average Bonchev–Trinajstić information content (AvgIpc) is 3.08. The summed E-state index contributed by atoms with van der Waals surface area (Å²) in [6.45, 7) is 6.72. The summed E-state index contributed by atoms with van der Waals surface area (Å²) in [5, 5.41) is 9.97. The van der Waals surface area contributed by atoms with Crippen molar-refractivity contribution >= 4 is 29.1 Å². The summed E-state index contributed by atoms with van der Waals surface area (Å²) in [4.78, 5) is 17.8. The van der Waals surface area contributed by atoms with E-state index in [1.807, 2.05) is 32.0 Å². The van der Waals surface area contributed by atoms with Gasteiger partial charge in [-0.25, -0.2) is 9.78 Å². The molecule has 0 atom stereocenters. The monoisotopic (exact) mass is 481 g/mol. The molecule has 0 radical (unpaired) electrons. The molecule has 0 fully saturated rings. The van der Waals surface area contributed by atoms with Crippen LogP contribution in [0.1, 0.15) is 35.5 Å². The Kier molecular flexibility index (Phi) is 6.90. The van der Waals surface area contributed by atoms with Gasteiger partial charge in [-0.05, 0) is 57.5 Å². The minimum atomic E-state index is -4.37. The molecule has 170 valence electrons. The Balaban J connectivity index is 1.74. The summed E-state index contributed by atoms with van der Waals surface area (Å²) < 4.78 is 44.0. The second kappa shape index (κ2) is 9.15. The first-order valence-electron chi connectivity index (χ1n) is 9.66. The van der Waals surface area contributed by atoms with Crippen molar-refractivity contribution in [1.82, 2.24) is 4.98 Å². The van der Waals surface area contributed by atoms with Crippen LogP contribution in [0.4, 0.5) is 13.2 Å². The molecule has 1 aromatic heterocycles. The molecule has 0 aliphatic rings. The number of halogens is 3. The quantitative estimate of drug-likeness (QED) is 0.369. The molecule has 0 saturated heterocycles. The van der Waals surface area contributed by atoms with Crippen LogP contribution in [0.15, 0.2) is 47.4 Å². The van der Waals surface area contributed by atoms with E-state index in [0.717, 1.165) is 33.2 Å². The van der Waals surface area contributed by atoms with E-state index in [0.29, 0.717) is 22.1 Å². The summed E-state index contributed by atoms with van der Waals surface area (Å²) in [5.41, 5.74) is 0.270. The fourth-order valence-corrected chi connectivity index (χ4v) is 4.87. The maximum absolute atomic E-state index is 12.8. The largest absolute Gasteiger partial charge is 0.478 e. The third-order valence-corrected chi connectivity index (χ3v) is 7.17. The Bertz CT molecular complexity index is 1120. The van der Waals surface area contributed by atoms with E-state index in [1.54, 1.807) is 11.8 Å². The van der Waals surface area contributed by atoms with E-state index < -0.39 is 23.3 Å². The first-order chi connectivity index (χ1) is 14.9. The van der Waals surface area contributed by atoms with Crippen LogP contribution in [0.5, 0.6) is 5.75 Å². The summed E-state index contributed by atoms with van der Waals surface area (Å²) in [6.07, 6.45) is -4.37. The van der Waals surface area contributed by atoms with E-state index in [2.05, 4.69) is 4.98 Å². The molecule has 3 aromatic rings. The second-order valence-corrected chi connectivity index (χ2v) is 9.87. The van der Waals surface area contributed by atoms with Gasteiger partial charge in [0.1, 0.15) is 10.8 Å². The normalized spacial score (nSPS) is 12.1. The van der Waals surface area contributed by atoms with Gasteiger partial charge in [0.15, 0.2) is 5.60 Å². The van der Waals surface area contributed by atoms with Gasteiger partial charge in [0, 0.05) is 21.1 Å². The minimum absolute atomic E-state index is 0.508. The molecule has 0 aliphatic heterocycles. The number of alkyl halides is 3. The smallest absolute Gasteiger partial charge is 0.416 e. The number of thioether (sulfide) groups is 1. The number of hydrogen-bond donors (Lipinski definition) is 1. The maximum atomic E-state index is 12.8. The number of carbonyl (C=O) groups is 1. The number of benzene rings is 2. The van der Waals surface area contributed by atoms with Crippen LogP contribution in [-0.2, 0) is 16.7 Å². The molecule has 1 N–H and O–H groups in total. The lowest BCUT2D eigenvalue weighted by Crippen LogP contribution is -2.38. The molecule has 0 amide bonds. The Hall–Kier alpha value is -2.52. The number of nitrogens with zero attached hydrogens (tertiary/aromatic N) is 1. The lowest BCUT2D eigenvalue weighted by molar-refractivity contribution is -0.152. The number of carboxylic acids is 1. The van der Waals surface area contributed by atoms with Gasteiger partial charge < -0.3 is 9.84 Å². The molecule has 3 rings (SSSR count). The highest BCUT2D eigenvalue weighted by molar-refractivity contribution is 7.98. The zero-order valence-corrected chi connectivity index (χ0v) is 19.5. The van der Waals surface area contributed by atoms with E-state index in [1.165, 1.54) is 37.3 Å². The standard InChI is InChI=1S/C23H22F3NO3S2/c1-13-5-10-17(11-18(13)30-22(3,4)21(28)29)31-12-19-14(2)27-20(32-19)15-6-8-16(9-7-15)23(24,25)26/h5-11H,12H2,1-4H3,(H,28,29). The highest BCUT2D eigenvalue weighted by Gasteiger charge is 2.31. The Morgan fingerprint density at radius 1 is 1.12 bits per heavy atom. The molecule has 0 spiro atoms. The zero-order chi connectivity index (χ0) is 23.7. The maximum Gasteiger partial charge on any atom is 0.416 e. The Labute approximate surface area is 192 Å². The van der Waals surface area contributed by atoms with E-state index in [4.69, 9.17) is 4.74 Å². The predicted octanol–water partition coefficient (Wildman–Crippen LogP) is 6.98. The summed E-state index contributed by atoms with van der Waals surface area (Å²) in [7, 11) is 0. The zero-order valence-electron chi connectivity index (χ0n) is 17.9. The number of hydrogen-bond acceptors (Lipinski definition) is 5. The van der Waals surface area contributed by atoms with Crippen molar-refractivity contribution in [1.29, 1.82) is 0 Å². The molecule has 32 heavy (non-hydrogen) atoms. The van der Waals surface area contributed by atoms with Crippen molar-refractivity contribution in [2.45, 2.75) is 50.1 Å². The van der Waals surface area contributed by atoms with Crippen molar-refractivity contribution in [3.63, 3.8) is 0 Å². The molecule has 4 nitrogen and oxygen atoms in total. The number of thiazole rings is 1. The first-order valence-corrected chi connectivity index (χ1v) is 11.5. The average molecular weight is 482 g/mol. The second-order valence-electron chi connectivity index (χ2n) is 7.74. The molecular weight excluding hydrogens is 459 g/mol. The van der Waals surface area contributed by atoms with Crippen LogP contribution < -0.4 is 4.74 Å². The number of aromatic nitrogens is 1. The highest BCUT2D eigenvalue weighted by Crippen LogP contribution is 2.36. The third kappa shape index (κ3) is 5.63. The third-order valence-electron chi connectivity index (χ3n) is 4.76. The predicted molar refractivity (Wildman–Crippen MR) is 120 cm³/mol. The van der Waals surface area contributed by atoms with Crippen molar-refractivity contribution in [2.24, 2.45) is 0 Å². The number of rotatable bonds is 7. The summed E-state index contributed by atoms with van der Waals surface area (Å²) in [6, 6.07) is 10.6. The van der Waals surface area contributed by atoms with Gasteiger partial charge >= 0.3 is 12.1 Å². The van der Waals surface area contributed by atoms with Crippen LogP contribution in [0.25, 0.3) is 10.6 Å². The number of aliphatic carboxylic acids is 1. The van der Waals surface area contributed by atoms with Gasteiger partial charge in [-0.15, -0.1) is 23.1 Å². The van der Waals surface area contributed by atoms with Crippen LogP contribution in [-0.4, -0.2) is 21.7 Å². The molecule has 1 heterocycles. The van der Waals surface area contributed by atoms with Gasteiger partial charge in [0.25, 0.3) is 0 Å². The minimum Gasteiger partial charge on any atom is -0.478 e. The number of carboxylic acid groups (broad SMARTS) is 1. The molecule has 9 heteroatoms. The molecule has 0 saturated carbocycles.